The first-order valence-corrected chi connectivity index (χ1v) is 6.84. The second-order valence-electron chi connectivity index (χ2n) is 5.19. The quantitative estimate of drug-likeness (QED) is 0.878. The summed E-state index contributed by atoms with van der Waals surface area (Å²) < 4.78 is 0. The van der Waals surface area contributed by atoms with Crippen molar-refractivity contribution in [2.24, 2.45) is 5.92 Å². The molecule has 1 aliphatic carbocycles. The van der Waals surface area contributed by atoms with Gasteiger partial charge >= 0.3 is 0 Å². The molecule has 0 radical (unpaired) electrons. The van der Waals surface area contributed by atoms with Crippen LogP contribution in [-0.2, 0) is 13.0 Å². The van der Waals surface area contributed by atoms with Gasteiger partial charge in [0.1, 0.15) is 0 Å². The molecule has 2 unspecified atom stereocenters. The molecule has 0 aromatic heterocycles. The minimum atomic E-state index is 0.237. The Labute approximate surface area is 114 Å². The summed E-state index contributed by atoms with van der Waals surface area (Å²) in [6.07, 6.45) is 0.971. The zero-order valence-corrected chi connectivity index (χ0v) is 10.9. The third-order valence-corrected chi connectivity index (χ3v) is 3.95. The van der Waals surface area contributed by atoms with E-state index in [4.69, 9.17) is 0 Å². The number of fused-ring (bicyclic) bond motifs is 1. The molecule has 2 heteroatoms. The molecule has 1 aliphatic rings. The Morgan fingerprint density at radius 3 is 2.53 bits per heavy atom. The van der Waals surface area contributed by atoms with Crippen LogP contribution in [0, 0.1) is 5.92 Å². The molecular formula is C17H19NO. The smallest absolute Gasteiger partial charge is 0.0480 e. The van der Waals surface area contributed by atoms with Crippen LogP contribution in [0.1, 0.15) is 22.7 Å². The number of aliphatic hydroxyl groups is 1. The molecule has 2 aromatic rings. The standard InChI is InChI=1S/C17H19NO/c19-12-15-10-14-8-4-5-9-16(14)17(15)18-11-13-6-2-1-3-7-13/h1-9,15,17-19H,10-12H2. The highest BCUT2D eigenvalue weighted by atomic mass is 16.3. The lowest BCUT2D eigenvalue weighted by Crippen LogP contribution is -2.27. The van der Waals surface area contributed by atoms with Gasteiger partial charge in [-0.05, 0) is 23.1 Å². The van der Waals surface area contributed by atoms with Crippen LogP contribution in [0.4, 0.5) is 0 Å². The van der Waals surface area contributed by atoms with E-state index >= 15 is 0 Å². The summed E-state index contributed by atoms with van der Waals surface area (Å²) in [7, 11) is 0. The summed E-state index contributed by atoms with van der Waals surface area (Å²) in [6.45, 7) is 1.08. The fraction of sp³-hybridized carbons (Fsp3) is 0.294. The Balaban J connectivity index is 1.75. The van der Waals surface area contributed by atoms with Crippen molar-refractivity contribution in [3.8, 4) is 0 Å². The summed E-state index contributed by atoms with van der Waals surface area (Å²) in [4.78, 5) is 0. The number of benzene rings is 2. The van der Waals surface area contributed by atoms with E-state index in [-0.39, 0.29) is 12.6 Å². The molecule has 0 fully saturated rings. The number of hydrogen-bond acceptors (Lipinski definition) is 2. The molecular weight excluding hydrogens is 234 g/mol. The lowest BCUT2D eigenvalue weighted by Gasteiger charge is -2.20. The normalized spacial score (nSPS) is 21.3. The van der Waals surface area contributed by atoms with E-state index in [9.17, 15) is 5.11 Å². The maximum Gasteiger partial charge on any atom is 0.0480 e. The summed E-state index contributed by atoms with van der Waals surface area (Å²) in [5.74, 6) is 0.293. The van der Waals surface area contributed by atoms with Crippen molar-refractivity contribution in [1.29, 1.82) is 0 Å². The molecule has 98 valence electrons. The third-order valence-electron chi connectivity index (χ3n) is 3.95. The molecule has 0 saturated carbocycles. The van der Waals surface area contributed by atoms with Gasteiger partial charge in [-0.2, -0.15) is 0 Å². The summed E-state index contributed by atoms with van der Waals surface area (Å²) >= 11 is 0. The van der Waals surface area contributed by atoms with E-state index in [1.54, 1.807) is 0 Å². The van der Waals surface area contributed by atoms with Crippen molar-refractivity contribution in [3.05, 3.63) is 71.3 Å². The molecule has 2 aromatic carbocycles. The first-order valence-electron chi connectivity index (χ1n) is 6.84. The number of nitrogens with one attached hydrogen (secondary N) is 1. The molecule has 0 heterocycles. The van der Waals surface area contributed by atoms with Crippen molar-refractivity contribution in [2.45, 2.75) is 19.0 Å². The first kappa shape index (κ1) is 12.4. The van der Waals surface area contributed by atoms with Crippen molar-refractivity contribution in [1.82, 2.24) is 5.32 Å². The van der Waals surface area contributed by atoms with Gasteiger partial charge in [-0.3, -0.25) is 0 Å². The summed E-state index contributed by atoms with van der Waals surface area (Å²) in [5, 5.41) is 13.2. The van der Waals surface area contributed by atoms with Crippen LogP contribution in [0.15, 0.2) is 54.6 Å². The Morgan fingerprint density at radius 2 is 1.74 bits per heavy atom. The maximum atomic E-state index is 9.57. The summed E-state index contributed by atoms with van der Waals surface area (Å²) in [6, 6.07) is 19.2. The van der Waals surface area contributed by atoms with Crippen LogP contribution in [0.3, 0.4) is 0 Å². The monoisotopic (exact) mass is 253 g/mol. The second kappa shape index (κ2) is 5.55. The molecule has 0 saturated heterocycles. The van der Waals surface area contributed by atoms with Gasteiger partial charge in [0.05, 0.1) is 0 Å². The Bertz CT molecular complexity index is 538. The van der Waals surface area contributed by atoms with E-state index in [0.717, 1.165) is 13.0 Å². The van der Waals surface area contributed by atoms with Crippen molar-refractivity contribution in [3.63, 3.8) is 0 Å². The van der Waals surface area contributed by atoms with Crippen molar-refractivity contribution >= 4 is 0 Å². The maximum absolute atomic E-state index is 9.57. The fourth-order valence-corrected chi connectivity index (χ4v) is 2.95. The van der Waals surface area contributed by atoms with E-state index in [1.165, 1.54) is 16.7 Å². The van der Waals surface area contributed by atoms with E-state index in [1.807, 2.05) is 6.07 Å². The van der Waals surface area contributed by atoms with E-state index < -0.39 is 0 Å². The highest BCUT2D eigenvalue weighted by molar-refractivity contribution is 5.36. The second-order valence-corrected chi connectivity index (χ2v) is 5.19. The lowest BCUT2D eigenvalue weighted by molar-refractivity contribution is 0.199. The predicted molar refractivity (Wildman–Crippen MR) is 76.7 cm³/mol. The van der Waals surface area contributed by atoms with Gasteiger partial charge in [0.25, 0.3) is 0 Å². The number of rotatable bonds is 4. The molecule has 3 rings (SSSR count). The number of hydrogen-bond donors (Lipinski definition) is 2. The van der Waals surface area contributed by atoms with Crippen LogP contribution in [0.2, 0.25) is 0 Å². The molecule has 0 bridgehead atoms. The van der Waals surface area contributed by atoms with E-state index in [0.29, 0.717) is 5.92 Å². The van der Waals surface area contributed by atoms with Crippen LogP contribution >= 0.6 is 0 Å². The van der Waals surface area contributed by atoms with Gasteiger partial charge in [-0.1, -0.05) is 54.6 Å². The van der Waals surface area contributed by atoms with Crippen LogP contribution in [0.5, 0.6) is 0 Å². The van der Waals surface area contributed by atoms with Gasteiger partial charge in [0.15, 0.2) is 0 Å². The topological polar surface area (TPSA) is 32.3 Å². The molecule has 0 spiro atoms. The predicted octanol–water partition coefficient (Wildman–Crippen LogP) is 2.68. The van der Waals surface area contributed by atoms with Crippen LogP contribution < -0.4 is 5.32 Å². The van der Waals surface area contributed by atoms with Crippen LogP contribution in [-0.4, -0.2) is 11.7 Å². The Morgan fingerprint density at radius 1 is 1.00 bits per heavy atom. The Kier molecular flexibility index (Phi) is 3.62. The highest BCUT2D eigenvalue weighted by Crippen LogP contribution is 2.35. The zero-order chi connectivity index (χ0) is 13.1. The highest BCUT2D eigenvalue weighted by Gasteiger charge is 2.30. The van der Waals surface area contributed by atoms with E-state index in [2.05, 4.69) is 53.8 Å². The summed E-state index contributed by atoms with van der Waals surface area (Å²) in [5.41, 5.74) is 3.99. The van der Waals surface area contributed by atoms with Gasteiger partial charge in [0, 0.05) is 25.1 Å². The third kappa shape index (κ3) is 2.55. The molecule has 19 heavy (non-hydrogen) atoms. The van der Waals surface area contributed by atoms with Gasteiger partial charge in [-0.25, -0.2) is 0 Å². The average Bonchev–Trinajstić information content (AvgIpc) is 2.84. The van der Waals surface area contributed by atoms with Crippen LogP contribution in [0.25, 0.3) is 0 Å². The molecule has 0 aliphatic heterocycles. The minimum absolute atomic E-state index is 0.237. The minimum Gasteiger partial charge on any atom is -0.396 e. The van der Waals surface area contributed by atoms with Gasteiger partial charge < -0.3 is 10.4 Å². The molecule has 2 nitrogen and oxygen atoms in total. The van der Waals surface area contributed by atoms with Crippen molar-refractivity contribution < 1.29 is 5.11 Å². The lowest BCUT2D eigenvalue weighted by atomic mass is 10.0. The largest absolute Gasteiger partial charge is 0.396 e. The first-order chi connectivity index (χ1) is 9.38. The average molecular weight is 253 g/mol. The van der Waals surface area contributed by atoms with Gasteiger partial charge in [-0.15, -0.1) is 0 Å². The molecule has 2 atom stereocenters. The van der Waals surface area contributed by atoms with Crippen molar-refractivity contribution in [2.75, 3.05) is 6.61 Å². The Hall–Kier alpha value is -1.64. The van der Waals surface area contributed by atoms with Gasteiger partial charge in [0.2, 0.25) is 0 Å². The zero-order valence-electron chi connectivity index (χ0n) is 10.9. The SMILES string of the molecule is OCC1Cc2ccccc2C1NCc1ccccc1. The molecule has 0 amide bonds. The fourth-order valence-electron chi connectivity index (χ4n) is 2.95. The molecule has 2 N–H and O–H groups in total. The number of aliphatic hydroxyl groups excluding tert-OH is 1.